The third kappa shape index (κ3) is 5.98. The van der Waals surface area contributed by atoms with E-state index in [2.05, 4.69) is 5.32 Å². The summed E-state index contributed by atoms with van der Waals surface area (Å²) in [5.74, 6) is -1.15. The van der Waals surface area contributed by atoms with Crippen molar-refractivity contribution in [3.05, 3.63) is 71.8 Å². The summed E-state index contributed by atoms with van der Waals surface area (Å²) in [5, 5.41) is 12.1. The number of rotatable bonds is 8. The van der Waals surface area contributed by atoms with Crippen LogP contribution in [0.2, 0.25) is 0 Å². The van der Waals surface area contributed by atoms with Crippen LogP contribution in [0.25, 0.3) is 0 Å². The molecule has 6 heteroatoms. The van der Waals surface area contributed by atoms with Gasteiger partial charge in [-0.15, -0.1) is 0 Å². The molecule has 6 nitrogen and oxygen atoms in total. The van der Waals surface area contributed by atoms with Crippen LogP contribution in [-0.4, -0.2) is 35.2 Å². The summed E-state index contributed by atoms with van der Waals surface area (Å²) in [7, 11) is 0. The number of aliphatic hydroxyl groups is 1. The Morgan fingerprint density at radius 2 is 1.58 bits per heavy atom. The molecule has 2 rings (SSSR count). The van der Waals surface area contributed by atoms with Crippen molar-refractivity contribution in [2.75, 3.05) is 0 Å². The van der Waals surface area contributed by atoms with Gasteiger partial charge in [-0.25, -0.2) is 4.79 Å². The molecule has 0 heterocycles. The third-order valence-electron chi connectivity index (χ3n) is 3.93. The van der Waals surface area contributed by atoms with Gasteiger partial charge < -0.3 is 20.9 Å². The van der Waals surface area contributed by atoms with E-state index in [1.807, 2.05) is 60.7 Å². The number of esters is 1. The second-order valence-corrected chi connectivity index (χ2v) is 6.11. The van der Waals surface area contributed by atoms with Crippen molar-refractivity contribution in [1.29, 1.82) is 0 Å². The molecule has 0 spiro atoms. The number of benzene rings is 2. The molecular weight excluding hydrogens is 332 g/mol. The molecule has 1 amide bonds. The molecule has 0 unspecified atom stereocenters. The predicted molar refractivity (Wildman–Crippen MR) is 98.0 cm³/mol. The molecular formula is C20H24N2O4. The van der Waals surface area contributed by atoms with Crippen LogP contribution in [0, 0.1) is 0 Å². The first kappa shape index (κ1) is 19.6. The Labute approximate surface area is 153 Å². The summed E-state index contributed by atoms with van der Waals surface area (Å²) in [6.45, 7) is 1.54. The van der Waals surface area contributed by atoms with Crippen LogP contribution in [0.15, 0.2) is 60.7 Å². The van der Waals surface area contributed by atoms with E-state index in [0.717, 1.165) is 11.1 Å². The van der Waals surface area contributed by atoms with Gasteiger partial charge in [-0.3, -0.25) is 4.79 Å². The van der Waals surface area contributed by atoms with Crippen molar-refractivity contribution >= 4 is 11.9 Å². The zero-order valence-electron chi connectivity index (χ0n) is 14.7. The molecule has 0 aliphatic heterocycles. The van der Waals surface area contributed by atoms with Crippen LogP contribution >= 0.6 is 0 Å². The Kier molecular flexibility index (Phi) is 7.32. The van der Waals surface area contributed by atoms with Crippen LogP contribution in [0.1, 0.15) is 18.1 Å². The molecule has 0 radical (unpaired) electrons. The molecule has 0 aliphatic carbocycles. The van der Waals surface area contributed by atoms with Crippen molar-refractivity contribution in [3.8, 4) is 0 Å². The number of carbonyl (C=O) groups excluding carboxylic acids is 2. The van der Waals surface area contributed by atoms with Gasteiger partial charge >= 0.3 is 5.97 Å². The molecule has 0 bridgehead atoms. The van der Waals surface area contributed by atoms with Crippen molar-refractivity contribution in [1.82, 2.24) is 5.32 Å². The highest BCUT2D eigenvalue weighted by Crippen LogP contribution is 2.08. The second-order valence-electron chi connectivity index (χ2n) is 6.11. The highest BCUT2D eigenvalue weighted by molar-refractivity contribution is 5.88. The second kappa shape index (κ2) is 9.70. The van der Waals surface area contributed by atoms with E-state index in [1.54, 1.807) is 0 Å². The molecule has 4 N–H and O–H groups in total. The van der Waals surface area contributed by atoms with Crippen LogP contribution in [0.5, 0.6) is 0 Å². The van der Waals surface area contributed by atoms with Gasteiger partial charge in [-0.2, -0.15) is 0 Å². The van der Waals surface area contributed by atoms with E-state index >= 15 is 0 Å². The van der Waals surface area contributed by atoms with Gasteiger partial charge in [0.1, 0.15) is 18.7 Å². The first-order valence-corrected chi connectivity index (χ1v) is 8.46. The summed E-state index contributed by atoms with van der Waals surface area (Å²) < 4.78 is 5.35. The summed E-state index contributed by atoms with van der Waals surface area (Å²) in [4.78, 5) is 24.7. The fourth-order valence-corrected chi connectivity index (χ4v) is 2.36. The van der Waals surface area contributed by atoms with Crippen LogP contribution in [0.3, 0.4) is 0 Å². The number of aliphatic hydroxyl groups excluding tert-OH is 1. The molecule has 2 aromatic rings. The summed E-state index contributed by atoms with van der Waals surface area (Å²) in [6, 6.07) is 16.6. The Balaban J connectivity index is 2.05. The van der Waals surface area contributed by atoms with Gasteiger partial charge in [0.25, 0.3) is 0 Å². The average Bonchev–Trinajstić information content (AvgIpc) is 2.66. The maximum Gasteiger partial charge on any atom is 0.329 e. The summed E-state index contributed by atoms with van der Waals surface area (Å²) in [6.07, 6.45) is -0.750. The summed E-state index contributed by atoms with van der Waals surface area (Å²) in [5.41, 5.74) is 7.38. The average molecular weight is 356 g/mol. The molecule has 0 fully saturated rings. The Hall–Kier alpha value is -2.70. The monoisotopic (exact) mass is 356 g/mol. The smallest absolute Gasteiger partial charge is 0.329 e. The van der Waals surface area contributed by atoms with Gasteiger partial charge in [-0.1, -0.05) is 60.7 Å². The van der Waals surface area contributed by atoms with Crippen LogP contribution in [0.4, 0.5) is 0 Å². The van der Waals surface area contributed by atoms with Crippen LogP contribution < -0.4 is 11.1 Å². The van der Waals surface area contributed by atoms with E-state index in [4.69, 9.17) is 10.5 Å². The fourth-order valence-electron chi connectivity index (χ4n) is 2.36. The van der Waals surface area contributed by atoms with E-state index < -0.39 is 30.1 Å². The third-order valence-corrected chi connectivity index (χ3v) is 3.93. The number of hydrogen-bond donors (Lipinski definition) is 3. The molecule has 138 valence electrons. The minimum atomic E-state index is -1.12. The lowest BCUT2D eigenvalue weighted by molar-refractivity contribution is -0.149. The number of nitrogens with one attached hydrogen (secondary N) is 1. The zero-order valence-corrected chi connectivity index (χ0v) is 14.7. The molecule has 0 saturated carbocycles. The molecule has 0 aliphatic rings. The molecule has 2 aromatic carbocycles. The predicted octanol–water partition coefficient (Wildman–Crippen LogP) is 1.17. The lowest BCUT2D eigenvalue weighted by Crippen LogP contribution is -2.53. The highest BCUT2D eigenvalue weighted by atomic mass is 16.5. The quantitative estimate of drug-likeness (QED) is 0.616. The first-order chi connectivity index (χ1) is 12.5. The lowest BCUT2D eigenvalue weighted by Gasteiger charge is -2.21. The largest absolute Gasteiger partial charge is 0.459 e. The number of carbonyl (C=O) groups is 2. The van der Waals surface area contributed by atoms with Gasteiger partial charge in [0.05, 0.1) is 6.10 Å². The van der Waals surface area contributed by atoms with Gasteiger partial charge in [-0.05, 0) is 18.1 Å². The highest BCUT2D eigenvalue weighted by Gasteiger charge is 2.27. The van der Waals surface area contributed by atoms with E-state index in [9.17, 15) is 14.7 Å². The molecule has 0 aromatic heterocycles. The van der Waals surface area contributed by atoms with Gasteiger partial charge in [0.15, 0.2) is 0 Å². The summed E-state index contributed by atoms with van der Waals surface area (Å²) >= 11 is 0. The zero-order chi connectivity index (χ0) is 18.9. The van der Waals surface area contributed by atoms with E-state index in [0.29, 0.717) is 0 Å². The SMILES string of the molecule is C[C@H](O)[C@H](N)C(=O)N[C@@H](Cc1ccccc1)C(=O)OCc1ccccc1. The van der Waals surface area contributed by atoms with Crippen molar-refractivity contribution in [2.45, 2.75) is 38.1 Å². The topological polar surface area (TPSA) is 102 Å². The Morgan fingerprint density at radius 3 is 2.12 bits per heavy atom. The number of amides is 1. The number of ether oxygens (including phenoxy) is 1. The molecule has 3 atom stereocenters. The molecule has 0 saturated heterocycles. The van der Waals surface area contributed by atoms with Gasteiger partial charge in [0.2, 0.25) is 5.91 Å². The van der Waals surface area contributed by atoms with Crippen LogP contribution in [-0.2, 0) is 27.4 Å². The van der Waals surface area contributed by atoms with Crippen molar-refractivity contribution in [2.24, 2.45) is 5.73 Å². The Bertz CT molecular complexity index is 704. The maximum atomic E-state index is 12.5. The maximum absolute atomic E-state index is 12.5. The number of nitrogens with two attached hydrogens (primary N) is 1. The minimum absolute atomic E-state index is 0.114. The normalized spacial score (nSPS) is 14.1. The van der Waals surface area contributed by atoms with Crippen molar-refractivity contribution < 1.29 is 19.4 Å². The standard InChI is InChI=1S/C20H24N2O4/c1-14(23)18(21)19(24)22-17(12-15-8-4-2-5-9-15)20(25)26-13-16-10-6-3-7-11-16/h2-11,14,17-18,23H,12-13,21H2,1H3,(H,22,24)/t14-,17-,18-/m0/s1. The number of hydrogen-bond acceptors (Lipinski definition) is 5. The van der Waals surface area contributed by atoms with E-state index in [-0.39, 0.29) is 13.0 Å². The van der Waals surface area contributed by atoms with Crippen molar-refractivity contribution in [3.63, 3.8) is 0 Å². The van der Waals surface area contributed by atoms with Gasteiger partial charge in [0, 0.05) is 6.42 Å². The Morgan fingerprint density at radius 1 is 1.04 bits per heavy atom. The van der Waals surface area contributed by atoms with E-state index in [1.165, 1.54) is 6.92 Å². The molecule has 26 heavy (non-hydrogen) atoms. The minimum Gasteiger partial charge on any atom is -0.459 e. The lowest BCUT2D eigenvalue weighted by atomic mass is 10.0. The first-order valence-electron chi connectivity index (χ1n) is 8.46. The fraction of sp³-hybridized carbons (Fsp3) is 0.300.